The van der Waals surface area contributed by atoms with Crippen LogP contribution in [0.3, 0.4) is 0 Å². The Morgan fingerprint density at radius 1 is 1.33 bits per heavy atom. The first-order valence-electron chi connectivity index (χ1n) is 7.62. The van der Waals surface area contributed by atoms with Gasteiger partial charge < -0.3 is 0 Å². The van der Waals surface area contributed by atoms with Crippen molar-refractivity contribution in [3.63, 3.8) is 0 Å². The average Bonchev–Trinajstić information content (AvgIpc) is 2.54. The van der Waals surface area contributed by atoms with Gasteiger partial charge in [-0.2, -0.15) is 4.31 Å². The molecule has 0 spiro atoms. The zero-order chi connectivity index (χ0) is 15.5. The number of hydrogen-bond acceptors (Lipinski definition) is 3. The molecule has 1 aliphatic heterocycles. The Morgan fingerprint density at radius 2 is 2.10 bits per heavy atom. The first kappa shape index (κ1) is 16.2. The molecule has 0 aromatic heterocycles. The Bertz CT molecular complexity index is 610. The Kier molecular flexibility index (Phi) is 5.17. The number of nitrogens with zero attached hydrogens (tertiary/aromatic N) is 1. The van der Waals surface area contributed by atoms with Gasteiger partial charge in [0.2, 0.25) is 10.0 Å². The molecule has 2 rings (SSSR count). The first-order valence-corrected chi connectivity index (χ1v) is 9.06. The van der Waals surface area contributed by atoms with Crippen LogP contribution in [-0.2, 0) is 10.0 Å². The summed E-state index contributed by atoms with van der Waals surface area (Å²) in [5.74, 6) is 0.408. The molecule has 0 N–H and O–H groups in total. The van der Waals surface area contributed by atoms with Crippen LogP contribution in [0.2, 0.25) is 0 Å². The maximum absolute atomic E-state index is 12.7. The van der Waals surface area contributed by atoms with Gasteiger partial charge in [-0.1, -0.05) is 32.4 Å². The number of benzene rings is 1. The first-order chi connectivity index (χ1) is 9.98. The van der Waals surface area contributed by atoms with E-state index in [1.807, 2.05) is 0 Å². The van der Waals surface area contributed by atoms with Crippen molar-refractivity contribution in [3.05, 3.63) is 29.8 Å². The molecule has 0 radical (unpaired) electrons. The van der Waals surface area contributed by atoms with Crippen molar-refractivity contribution in [2.24, 2.45) is 5.92 Å². The van der Waals surface area contributed by atoms with Crippen LogP contribution < -0.4 is 0 Å². The summed E-state index contributed by atoms with van der Waals surface area (Å²) in [5.41, 5.74) is 0.475. The number of sulfonamides is 1. The molecule has 4 nitrogen and oxygen atoms in total. The lowest BCUT2D eigenvalue weighted by molar-refractivity contribution is 0.0988. The van der Waals surface area contributed by atoms with E-state index in [-0.39, 0.29) is 10.7 Å². The van der Waals surface area contributed by atoms with E-state index in [0.717, 1.165) is 19.3 Å². The van der Waals surface area contributed by atoms with Gasteiger partial charge in [0.25, 0.3) is 0 Å². The van der Waals surface area contributed by atoms with Crippen molar-refractivity contribution in [2.75, 3.05) is 13.1 Å². The Hall–Kier alpha value is -1.20. The van der Waals surface area contributed by atoms with E-state index in [9.17, 15) is 13.2 Å². The molecule has 1 aromatic carbocycles. The van der Waals surface area contributed by atoms with Crippen molar-refractivity contribution in [2.45, 2.75) is 44.4 Å². The second kappa shape index (κ2) is 6.71. The molecule has 1 unspecified atom stereocenters. The van der Waals surface area contributed by atoms with Crippen LogP contribution in [0.15, 0.2) is 29.2 Å². The van der Waals surface area contributed by atoms with Crippen LogP contribution >= 0.6 is 0 Å². The van der Waals surface area contributed by atoms with E-state index in [1.54, 1.807) is 29.4 Å². The molecular formula is C16H23NO3S. The van der Waals surface area contributed by atoms with Crippen molar-refractivity contribution in [1.82, 2.24) is 4.31 Å². The molecule has 5 heteroatoms. The van der Waals surface area contributed by atoms with Gasteiger partial charge in [-0.15, -0.1) is 0 Å². The zero-order valence-electron chi connectivity index (χ0n) is 12.7. The summed E-state index contributed by atoms with van der Waals surface area (Å²) in [5, 5.41) is 0. The molecule has 21 heavy (non-hydrogen) atoms. The van der Waals surface area contributed by atoms with Gasteiger partial charge in [0.05, 0.1) is 4.90 Å². The number of piperidine rings is 1. The van der Waals surface area contributed by atoms with Crippen molar-refractivity contribution < 1.29 is 13.2 Å². The maximum atomic E-state index is 12.7. The van der Waals surface area contributed by atoms with Crippen LogP contribution in [0, 0.1) is 5.92 Å². The highest BCUT2D eigenvalue weighted by Crippen LogP contribution is 2.25. The van der Waals surface area contributed by atoms with E-state index in [4.69, 9.17) is 0 Å². The van der Waals surface area contributed by atoms with Crippen LogP contribution in [0.5, 0.6) is 0 Å². The normalized spacial score (nSPS) is 20.4. The quantitative estimate of drug-likeness (QED) is 0.785. The second-order valence-corrected chi connectivity index (χ2v) is 7.52. The molecule has 1 atom stereocenters. The minimum absolute atomic E-state index is 0.0304. The van der Waals surface area contributed by atoms with Gasteiger partial charge in [0.15, 0.2) is 5.78 Å². The van der Waals surface area contributed by atoms with E-state index in [2.05, 4.69) is 6.92 Å². The second-order valence-electron chi connectivity index (χ2n) is 5.58. The molecule has 0 amide bonds. The molecule has 0 bridgehead atoms. The maximum Gasteiger partial charge on any atom is 0.243 e. The van der Waals surface area contributed by atoms with Crippen LogP contribution in [0.25, 0.3) is 0 Å². The van der Waals surface area contributed by atoms with Gasteiger partial charge in [0.1, 0.15) is 0 Å². The third-order valence-electron chi connectivity index (χ3n) is 4.17. The zero-order valence-corrected chi connectivity index (χ0v) is 13.5. The van der Waals surface area contributed by atoms with Gasteiger partial charge in [0, 0.05) is 25.1 Å². The molecular weight excluding hydrogens is 286 g/mol. The predicted octanol–water partition coefficient (Wildman–Crippen LogP) is 3.09. The fraction of sp³-hybridized carbons (Fsp3) is 0.562. The van der Waals surface area contributed by atoms with Gasteiger partial charge in [-0.25, -0.2) is 8.42 Å². The number of hydrogen-bond donors (Lipinski definition) is 0. The molecule has 116 valence electrons. The number of ketones is 1. The number of carbonyl (C=O) groups excluding carboxylic acids is 1. The molecule has 0 saturated carbocycles. The summed E-state index contributed by atoms with van der Waals surface area (Å²) >= 11 is 0. The standard InChI is InChI=1S/C16H23NO3S/c1-3-13-7-6-10-17(12-13)21(19,20)15-9-5-8-14(11-15)16(18)4-2/h5,8-9,11,13H,3-4,6-7,10,12H2,1-2H3. The molecule has 1 aromatic rings. The van der Waals surface area contributed by atoms with Gasteiger partial charge in [-0.3, -0.25) is 4.79 Å². The summed E-state index contributed by atoms with van der Waals surface area (Å²) in [6.07, 6.45) is 3.38. The lowest BCUT2D eigenvalue weighted by atomic mass is 9.97. The van der Waals surface area contributed by atoms with E-state index >= 15 is 0 Å². The van der Waals surface area contributed by atoms with Crippen molar-refractivity contribution in [1.29, 1.82) is 0 Å². The van der Waals surface area contributed by atoms with Crippen molar-refractivity contribution >= 4 is 15.8 Å². The Morgan fingerprint density at radius 3 is 2.76 bits per heavy atom. The minimum atomic E-state index is -3.49. The highest BCUT2D eigenvalue weighted by molar-refractivity contribution is 7.89. The van der Waals surface area contributed by atoms with E-state index in [0.29, 0.717) is 31.0 Å². The fourth-order valence-electron chi connectivity index (χ4n) is 2.76. The van der Waals surface area contributed by atoms with Crippen LogP contribution in [-0.4, -0.2) is 31.6 Å². The van der Waals surface area contributed by atoms with Gasteiger partial charge >= 0.3 is 0 Å². The molecule has 1 heterocycles. The summed E-state index contributed by atoms with van der Waals surface area (Å²) in [6.45, 7) is 5.04. The van der Waals surface area contributed by atoms with Crippen LogP contribution in [0.4, 0.5) is 0 Å². The van der Waals surface area contributed by atoms with E-state index in [1.165, 1.54) is 6.07 Å². The summed E-state index contributed by atoms with van der Waals surface area (Å²) in [7, 11) is -3.49. The lowest BCUT2D eigenvalue weighted by Gasteiger charge is -2.31. The Labute approximate surface area is 127 Å². The lowest BCUT2D eigenvalue weighted by Crippen LogP contribution is -2.39. The predicted molar refractivity (Wildman–Crippen MR) is 82.8 cm³/mol. The largest absolute Gasteiger partial charge is 0.294 e. The molecule has 0 aliphatic carbocycles. The Balaban J connectivity index is 2.29. The topological polar surface area (TPSA) is 54.5 Å². The number of Topliss-reactive ketones (excluding diaryl/α,β-unsaturated/α-hetero) is 1. The minimum Gasteiger partial charge on any atom is -0.294 e. The smallest absolute Gasteiger partial charge is 0.243 e. The highest BCUT2D eigenvalue weighted by Gasteiger charge is 2.29. The molecule has 1 saturated heterocycles. The average molecular weight is 309 g/mol. The summed E-state index contributed by atoms with van der Waals surface area (Å²) in [6, 6.07) is 6.42. The molecule has 1 aliphatic rings. The summed E-state index contributed by atoms with van der Waals surface area (Å²) < 4.78 is 27.0. The highest BCUT2D eigenvalue weighted by atomic mass is 32.2. The number of carbonyl (C=O) groups is 1. The summed E-state index contributed by atoms with van der Waals surface area (Å²) in [4.78, 5) is 12.0. The van der Waals surface area contributed by atoms with Gasteiger partial charge in [-0.05, 0) is 30.9 Å². The SMILES string of the molecule is CCC(=O)c1cccc(S(=O)(=O)N2CCCC(CC)C2)c1. The van der Waals surface area contributed by atoms with Crippen molar-refractivity contribution in [3.8, 4) is 0 Å². The number of rotatable bonds is 5. The van der Waals surface area contributed by atoms with Crippen LogP contribution in [0.1, 0.15) is 49.9 Å². The third-order valence-corrected chi connectivity index (χ3v) is 6.04. The van der Waals surface area contributed by atoms with E-state index < -0.39 is 10.0 Å². The molecule has 1 fully saturated rings. The monoisotopic (exact) mass is 309 g/mol. The fourth-order valence-corrected chi connectivity index (χ4v) is 4.36. The third kappa shape index (κ3) is 3.52.